The Labute approximate surface area is 137 Å². The number of aromatic carboxylic acids is 1. The van der Waals surface area contributed by atoms with Crippen molar-refractivity contribution in [3.8, 4) is 0 Å². The fraction of sp³-hybridized carbons (Fsp3) is 0.462. The van der Waals surface area contributed by atoms with Gasteiger partial charge in [-0.3, -0.25) is 0 Å². The van der Waals surface area contributed by atoms with E-state index in [0.29, 0.717) is 3.57 Å². The van der Waals surface area contributed by atoms with Crippen LogP contribution >= 0.6 is 22.6 Å². The average Bonchev–Trinajstić information content (AvgIpc) is 2.34. The molecule has 1 aromatic carbocycles. The minimum Gasteiger partial charge on any atom is -0.478 e. The zero-order valence-corrected chi connectivity index (χ0v) is 14.6. The van der Waals surface area contributed by atoms with E-state index in [1.807, 2.05) is 36.4 Å². The van der Waals surface area contributed by atoms with Crippen molar-refractivity contribution in [3.05, 3.63) is 27.3 Å². The van der Waals surface area contributed by atoms with E-state index in [9.17, 15) is 18.3 Å². The lowest BCUT2D eigenvalue weighted by atomic mass is 9.85. The van der Waals surface area contributed by atoms with Crippen LogP contribution in [0.2, 0.25) is 0 Å². The lowest BCUT2D eigenvalue weighted by Crippen LogP contribution is -2.65. The smallest absolute Gasteiger partial charge is 0.336 e. The molecule has 0 unspecified atom stereocenters. The van der Waals surface area contributed by atoms with Crippen molar-refractivity contribution in [1.82, 2.24) is 4.31 Å². The maximum Gasteiger partial charge on any atom is 0.336 e. The maximum atomic E-state index is 12.4. The van der Waals surface area contributed by atoms with Crippen LogP contribution in [0.5, 0.6) is 0 Å². The number of halogens is 1. The molecule has 0 aliphatic carbocycles. The Morgan fingerprint density at radius 3 is 2.43 bits per heavy atom. The molecule has 1 aliphatic heterocycles. The number of β-amino-alcohol motifs (C(OH)–C–C–N with tert-alkyl or cyclic N) is 1. The van der Waals surface area contributed by atoms with E-state index in [1.165, 1.54) is 16.4 Å². The predicted molar refractivity (Wildman–Crippen MR) is 84.7 cm³/mol. The Bertz CT molecular complexity index is 680. The van der Waals surface area contributed by atoms with Gasteiger partial charge in [-0.15, -0.1) is 0 Å². The molecule has 0 amide bonds. The molecule has 1 aromatic rings. The number of benzene rings is 1. The highest BCUT2D eigenvalue weighted by molar-refractivity contribution is 14.1. The van der Waals surface area contributed by atoms with Crippen LogP contribution in [0, 0.1) is 9.49 Å². The molecule has 1 fully saturated rings. The number of carboxylic acid groups (broad SMARTS) is 1. The highest BCUT2D eigenvalue weighted by atomic mass is 127. The van der Waals surface area contributed by atoms with Gasteiger partial charge in [-0.25, -0.2) is 13.2 Å². The van der Waals surface area contributed by atoms with Gasteiger partial charge in [0.15, 0.2) is 0 Å². The fourth-order valence-electron chi connectivity index (χ4n) is 2.08. The second-order valence-corrected chi connectivity index (χ2v) is 8.58. The summed E-state index contributed by atoms with van der Waals surface area (Å²) >= 11 is 1.85. The number of aliphatic hydroxyl groups is 1. The number of sulfonamides is 1. The van der Waals surface area contributed by atoms with E-state index in [0.717, 1.165) is 6.07 Å². The number of hydrogen-bond donors (Lipinski definition) is 2. The molecule has 0 radical (unpaired) electrons. The standard InChI is InChI=1S/C13H16INO5S/c1-8(2)13(18)6-15(7-13)21(19,20)9-3-4-11(14)10(5-9)12(16)17/h3-5,8,18H,6-7H2,1-2H3,(H,16,17). The SMILES string of the molecule is CC(C)C1(O)CN(S(=O)(=O)c2ccc(I)c(C(=O)O)c2)C1. The van der Waals surface area contributed by atoms with Crippen LogP contribution in [0.25, 0.3) is 0 Å². The maximum absolute atomic E-state index is 12.4. The van der Waals surface area contributed by atoms with Crippen molar-refractivity contribution in [3.63, 3.8) is 0 Å². The number of nitrogens with zero attached hydrogens (tertiary/aromatic N) is 1. The number of carboxylic acids is 1. The largest absolute Gasteiger partial charge is 0.478 e. The number of hydrogen-bond acceptors (Lipinski definition) is 4. The van der Waals surface area contributed by atoms with Crippen LogP contribution in [-0.4, -0.2) is 47.6 Å². The van der Waals surface area contributed by atoms with Crippen LogP contribution in [0.15, 0.2) is 23.1 Å². The first-order valence-electron chi connectivity index (χ1n) is 6.33. The lowest BCUT2D eigenvalue weighted by molar-refractivity contribution is -0.0932. The molecule has 116 valence electrons. The van der Waals surface area contributed by atoms with E-state index < -0.39 is 21.6 Å². The lowest BCUT2D eigenvalue weighted by Gasteiger charge is -2.47. The topological polar surface area (TPSA) is 94.9 Å². The van der Waals surface area contributed by atoms with E-state index in [1.54, 1.807) is 0 Å². The van der Waals surface area contributed by atoms with Gasteiger partial charge in [0.2, 0.25) is 10.0 Å². The molecule has 0 spiro atoms. The monoisotopic (exact) mass is 425 g/mol. The third-order valence-corrected chi connectivity index (χ3v) is 6.51. The van der Waals surface area contributed by atoms with Crippen LogP contribution in [-0.2, 0) is 10.0 Å². The molecule has 6 nitrogen and oxygen atoms in total. The zero-order valence-electron chi connectivity index (χ0n) is 11.6. The van der Waals surface area contributed by atoms with Gasteiger partial charge in [-0.2, -0.15) is 4.31 Å². The normalized spacial score (nSPS) is 18.5. The van der Waals surface area contributed by atoms with Crippen molar-refractivity contribution < 1.29 is 23.4 Å². The Morgan fingerprint density at radius 2 is 1.95 bits per heavy atom. The Kier molecular flexibility index (Phi) is 4.35. The van der Waals surface area contributed by atoms with Crippen molar-refractivity contribution in [2.45, 2.75) is 24.3 Å². The third kappa shape index (κ3) is 2.94. The van der Waals surface area contributed by atoms with Crippen molar-refractivity contribution >= 4 is 38.6 Å². The van der Waals surface area contributed by atoms with Crippen LogP contribution in [0.3, 0.4) is 0 Å². The number of rotatable bonds is 4. The van der Waals surface area contributed by atoms with Gasteiger partial charge in [0.25, 0.3) is 0 Å². The van der Waals surface area contributed by atoms with Gasteiger partial charge in [0, 0.05) is 16.7 Å². The van der Waals surface area contributed by atoms with E-state index >= 15 is 0 Å². The molecule has 1 aliphatic rings. The summed E-state index contributed by atoms with van der Waals surface area (Å²) in [6.45, 7) is 3.72. The fourth-order valence-corrected chi connectivity index (χ4v) is 4.24. The molecular formula is C13H16INO5S. The Hall–Kier alpha value is -0.710. The average molecular weight is 425 g/mol. The van der Waals surface area contributed by atoms with E-state index in [4.69, 9.17) is 5.11 Å². The summed E-state index contributed by atoms with van der Waals surface area (Å²) in [5.41, 5.74) is -1.05. The summed E-state index contributed by atoms with van der Waals surface area (Å²) in [7, 11) is -3.77. The Balaban J connectivity index is 2.30. The van der Waals surface area contributed by atoms with Gasteiger partial charge < -0.3 is 10.2 Å². The van der Waals surface area contributed by atoms with Gasteiger partial charge >= 0.3 is 5.97 Å². The van der Waals surface area contributed by atoms with Crippen LogP contribution in [0.4, 0.5) is 0 Å². The zero-order chi connectivity index (χ0) is 16.0. The first-order valence-corrected chi connectivity index (χ1v) is 8.85. The summed E-state index contributed by atoms with van der Waals surface area (Å²) in [4.78, 5) is 11.0. The summed E-state index contributed by atoms with van der Waals surface area (Å²) in [5.74, 6) is -1.21. The van der Waals surface area contributed by atoms with Crippen molar-refractivity contribution in [2.24, 2.45) is 5.92 Å². The molecule has 0 aromatic heterocycles. The molecule has 1 saturated heterocycles. The molecule has 8 heteroatoms. The second kappa shape index (κ2) is 5.49. The molecule has 0 saturated carbocycles. The molecule has 2 rings (SSSR count). The van der Waals surface area contributed by atoms with E-state index in [-0.39, 0.29) is 29.5 Å². The first kappa shape index (κ1) is 16.7. The molecule has 0 bridgehead atoms. The van der Waals surface area contributed by atoms with Crippen LogP contribution < -0.4 is 0 Å². The minimum atomic E-state index is -3.77. The third-order valence-electron chi connectivity index (χ3n) is 3.78. The number of carbonyl (C=O) groups is 1. The quantitative estimate of drug-likeness (QED) is 0.711. The second-order valence-electron chi connectivity index (χ2n) is 5.48. The minimum absolute atomic E-state index is 0.0292. The predicted octanol–water partition coefficient (Wildman–Crippen LogP) is 1.38. The van der Waals surface area contributed by atoms with E-state index in [2.05, 4.69) is 0 Å². The Morgan fingerprint density at radius 1 is 1.38 bits per heavy atom. The van der Waals surface area contributed by atoms with Crippen LogP contribution in [0.1, 0.15) is 24.2 Å². The molecule has 0 atom stereocenters. The molecule has 1 heterocycles. The van der Waals surface area contributed by atoms with Gasteiger partial charge in [0.05, 0.1) is 16.1 Å². The van der Waals surface area contributed by atoms with Gasteiger partial charge in [-0.1, -0.05) is 13.8 Å². The molecule has 21 heavy (non-hydrogen) atoms. The first-order chi connectivity index (χ1) is 9.58. The highest BCUT2D eigenvalue weighted by Crippen LogP contribution is 2.33. The van der Waals surface area contributed by atoms with Crippen molar-refractivity contribution in [1.29, 1.82) is 0 Å². The summed E-state index contributed by atoms with van der Waals surface area (Å²) < 4.78 is 26.5. The summed E-state index contributed by atoms with van der Waals surface area (Å²) in [5, 5.41) is 19.2. The van der Waals surface area contributed by atoms with Gasteiger partial charge in [0.1, 0.15) is 0 Å². The highest BCUT2D eigenvalue weighted by Gasteiger charge is 2.49. The van der Waals surface area contributed by atoms with Gasteiger partial charge in [-0.05, 0) is 46.7 Å². The molecular weight excluding hydrogens is 409 g/mol. The molecule has 2 N–H and O–H groups in total. The summed E-state index contributed by atoms with van der Waals surface area (Å²) in [6.07, 6.45) is 0. The van der Waals surface area contributed by atoms with Crippen molar-refractivity contribution in [2.75, 3.05) is 13.1 Å². The summed E-state index contributed by atoms with van der Waals surface area (Å²) in [6, 6.07) is 4.01.